The van der Waals surface area contributed by atoms with Gasteiger partial charge in [-0.25, -0.2) is 4.39 Å². The number of aromatic nitrogens is 2. The first-order valence-corrected chi connectivity index (χ1v) is 7.56. The summed E-state index contributed by atoms with van der Waals surface area (Å²) in [6, 6.07) is 7.30. The highest BCUT2D eigenvalue weighted by Gasteiger charge is 2.26. The van der Waals surface area contributed by atoms with Crippen molar-refractivity contribution < 1.29 is 8.91 Å². The molecule has 0 unspecified atom stereocenters. The topological polar surface area (TPSA) is 45.4 Å². The number of hydrogen-bond donors (Lipinski definition) is 0. The van der Waals surface area contributed by atoms with Gasteiger partial charge >= 0.3 is 0 Å². The Hall–Kier alpha value is -1.79. The van der Waals surface area contributed by atoms with Gasteiger partial charge in [0.25, 0.3) is 0 Å². The maximum atomic E-state index is 13.2. The minimum Gasteiger partial charge on any atom is -0.340 e. The molecular weight excluding hydrogens is 283 g/mol. The van der Waals surface area contributed by atoms with Gasteiger partial charge in [0, 0.05) is 32.6 Å². The molecule has 0 N–H and O–H groups in total. The summed E-state index contributed by atoms with van der Waals surface area (Å²) < 4.78 is 18.2. The summed E-state index contributed by atoms with van der Waals surface area (Å²) in [5, 5.41) is 3.94. The fraction of sp³-hybridized carbons (Fsp3) is 0.500. The van der Waals surface area contributed by atoms with Crippen molar-refractivity contribution in [2.24, 2.45) is 0 Å². The van der Waals surface area contributed by atoms with Crippen molar-refractivity contribution in [3.63, 3.8) is 0 Å². The van der Waals surface area contributed by atoms with E-state index in [9.17, 15) is 4.39 Å². The van der Waals surface area contributed by atoms with Crippen LogP contribution in [0.1, 0.15) is 23.7 Å². The van der Waals surface area contributed by atoms with Crippen LogP contribution in [0.15, 0.2) is 28.8 Å². The third kappa shape index (κ3) is 3.69. The van der Waals surface area contributed by atoms with E-state index in [0.717, 1.165) is 37.4 Å². The minimum atomic E-state index is -0.169. The molecule has 1 aromatic heterocycles. The van der Waals surface area contributed by atoms with E-state index >= 15 is 0 Å². The van der Waals surface area contributed by atoms with Crippen LogP contribution in [0.2, 0.25) is 0 Å². The molecule has 1 aromatic carbocycles. The van der Waals surface area contributed by atoms with Gasteiger partial charge in [-0.15, -0.1) is 0 Å². The molecule has 0 spiro atoms. The Morgan fingerprint density at radius 3 is 3.05 bits per heavy atom. The fourth-order valence-electron chi connectivity index (χ4n) is 2.97. The minimum absolute atomic E-state index is 0.169. The Morgan fingerprint density at radius 1 is 1.45 bits per heavy atom. The van der Waals surface area contributed by atoms with Crippen LogP contribution in [-0.4, -0.2) is 46.1 Å². The summed E-state index contributed by atoms with van der Waals surface area (Å²) in [6.07, 6.45) is 1.10. The average Bonchev–Trinajstić information content (AvgIpc) is 3.08. The van der Waals surface area contributed by atoms with Gasteiger partial charge in [-0.2, -0.15) is 4.98 Å². The second kappa shape index (κ2) is 6.54. The highest BCUT2D eigenvalue weighted by atomic mass is 19.1. The van der Waals surface area contributed by atoms with Crippen molar-refractivity contribution in [1.82, 2.24) is 19.9 Å². The highest BCUT2D eigenvalue weighted by Crippen LogP contribution is 2.18. The standard InChI is InChI=1S/C16H21FN4O/c1-12-18-16(19-22-12)11-20(2)15-6-7-21(10-15)9-13-4-3-5-14(17)8-13/h3-5,8,15H,6-7,9-11H2,1-2H3/t15-/m1/s1. The monoisotopic (exact) mass is 304 g/mol. The Kier molecular flexibility index (Phi) is 4.49. The molecule has 1 aliphatic rings. The summed E-state index contributed by atoms with van der Waals surface area (Å²) in [4.78, 5) is 8.86. The van der Waals surface area contributed by atoms with E-state index < -0.39 is 0 Å². The first-order chi connectivity index (χ1) is 10.6. The van der Waals surface area contributed by atoms with E-state index in [1.807, 2.05) is 6.07 Å². The molecular formula is C16H21FN4O. The van der Waals surface area contributed by atoms with Gasteiger partial charge < -0.3 is 4.52 Å². The number of halogens is 1. The second-order valence-electron chi connectivity index (χ2n) is 5.95. The quantitative estimate of drug-likeness (QED) is 0.847. The zero-order valence-corrected chi connectivity index (χ0v) is 13.0. The number of likely N-dealkylation sites (tertiary alicyclic amines) is 1. The lowest BCUT2D eigenvalue weighted by Gasteiger charge is -2.23. The molecule has 0 amide bonds. The maximum absolute atomic E-state index is 13.2. The zero-order valence-electron chi connectivity index (χ0n) is 13.0. The van der Waals surface area contributed by atoms with Crippen molar-refractivity contribution in [2.75, 3.05) is 20.1 Å². The molecule has 2 heterocycles. The van der Waals surface area contributed by atoms with E-state index in [0.29, 0.717) is 18.5 Å². The fourth-order valence-corrected chi connectivity index (χ4v) is 2.97. The molecule has 3 rings (SSSR count). The summed E-state index contributed by atoms with van der Waals surface area (Å²) in [5.74, 6) is 1.16. The van der Waals surface area contributed by atoms with Gasteiger partial charge in [0.2, 0.25) is 5.89 Å². The molecule has 2 aromatic rings. The molecule has 118 valence electrons. The van der Waals surface area contributed by atoms with Crippen LogP contribution in [0.5, 0.6) is 0 Å². The number of nitrogens with zero attached hydrogens (tertiary/aromatic N) is 4. The number of hydrogen-bond acceptors (Lipinski definition) is 5. The largest absolute Gasteiger partial charge is 0.340 e. The Labute approximate surface area is 129 Å². The highest BCUT2D eigenvalue weighted by molar-refractivity contribution is 5.16. The lowest BCUT2D eigenvalue weighted by Crippen LogP contribution is -2.34. The SMILES string of the molecule is Cc1nc(CN(C)[C@@H]2CCN(Cc3cccc(F)c3)C2)no1. The summed E-state index contributed by atoms with van der Waals surface area (Å²) in [6.45, 7) is 5.28. The second-order valence-corrected chi connectivity index (χ2v) is 5.95. The Bertz CT molecular complexity index is 630. The van der Waals surface area contributed by atoms with E-state index in [-0.39, 0.29) is 5.82 Å². The van der Waals surface area contributed by atoms with E-state index in [1.165, 1.54) is 6.07 Å². The van der Waals surface area contributed by atoms with Crippen LogP contribution >= 0.6 is 0 Å². The predicted octanol–water partition coefficient (Wildman–Crippen LogP) is 2.22. The van der Waals surface area contributed by atoms with Gasteiger partial charge in [-0.05, 0) is 31.2 Å². The van der Waals surface area contributed by atoms with Crippen molar-refractivity contribution in [3.8, 4) is 0 Å². The van der Waals surface area contributed by atoms with Crippen LogP contribution in [-0.2, 0) is 13.1 Å². The van der Waals surface area contributed by atoms with Crippen LogP contribution < -0.4 is 0 Å². The molecule has 1 fully saturated rings. The van der Waals surface area contributed by atoms with Crippen molar-refractivity contribution >= 4 is 0 Å². The van der Waals surface area contributed by atoms with Crippen LogP contribution in [0.3, 0.4) is 0 Å². The first kappa shape index (κ1) is 15.1. The lowest BCUT2D eigenvalue weighted by molar-refractivity contribution is 0.216. The van der Waals surface area contributed by atoms with Crippen molar-refractivity contribution in [2.45, 2.75) is 32.5 Å². The van der Waals surface area contributed by atoms with E-state index in [2.05, 4.69) is 27.0 Å². The number of aryl methyl sites for hydroxylation is 1. The van der Waals surface area contributed by atoms with Gasteiger partial charge in [0.1, 0.15) is 5.82 Å². The summed E-state index contributed by atoms with van der Waals surface area (Å²) in [5.41, 5.74) is 1.03. The molecule has 6 heteroatoms. The molecule has 1 saturated heterocycles. The van der Waals surface area contributed by atoms with Crippen LogP contribution in [0.25, 0.3) is 0 Å². The Balaban J connectivity index is 1.53. The van der Waals surface area contributed by atoms with Gasteiger partial charge in [-0.1, -0.05) is 17.3 Å². The molecule has 0 aliphatic carbocycles. The zero-order chi connectivity index (χ0) is 15.5. The Morgan fingerprint density at radius 2 is 2.32 bits per heavy atom. The molecule has 5 nitrogen and oxygen atoms in total. The predicted molar refractivity (Wildman–Crippen MR) is 80.6 cm³/mol. The average molecular weight is 304 g/mol. The van der Waals surface area contributed by atoms with Crippen molar-refractivity contribution in [3.05, 3.63) is 47.4 Å². The third-order valence-electron chi connectivity index (χ3n) is 4.13. The van der Waals surface area contributed by atoms with E-state index in [1.54, 1.807) is 19.1 Å². The van der Waals surface area contributed by atoms with Crippen LogP contribution in [0.4, 0.5) is 4.39 Å². The van der Waals surface area contributed by atoms with Crippen molar-refractivity contribution in [1.29, 1.82) is 0 Å². The normalized spacial score (nSPS) is 19.2. The summed E-state index contributed by atoms with van der Waals surface area (Å²) in [7, 11) is 2.09. The third-order valence-corrected chi connectivity index (χ3v) is 4.13. The molecule has 0 bridgehead atoms. The van der Waals surface area contributed by atoms with E-state index in [4.69, 9.17) is 4.52 Å². The molecule has 1 atom stereocenters. The first-order valence-electron chi connectivity index (χ1n) is 7.56. The number of likely N-dealkylation sites (N-methyl/N-ethyl adjacent to an activating group) is 1. The van der Waals surface area contributed by atoms with Gasteiger partial charge in [0.05, 0.1) is 6.54 Å². The maximum Gasteiger partial charge on any atom is 0.223 e. The molecule has 1 aliphatic heterocycles. The molecule has 0 saturated carbocycles. The smallest absolute Gasteiger partial charge is 0.223 e. The van der Waals surface area contributed by atoms with Gasteiger partial charge in [0.15, 0.2) is 5.82 Å². The van der Waals surface area contributed by atoms with Gasteiger partial charge in [-0.3, -0.25) is 9.80 Å². The molecule has 22 heavy (non-hydrogen) atoms. The number of benzene rings is 1. The van der Waals surface area contributed by atoms with Crippen LogP contribution in [0, 0.1) is 12.7 Å². The lowest BCUT2D eigenvalue weighted by atomic mass is 10.2. The molecule has 0 radical (unpaired) electrons. The summed E-state index contributed by atoms with van der Waals surface area (Å²) >= 11 is 0. The number of rotatable bonds is 5.